The second kappa shape index (κ2) is 8.71. The van der Waals surface area contributed by atoms with Gasteiger partial charge < -0.3 is 10.6 Å². The van der Waals surface area contributed by atoms with Crippen molar-refractivity contribution in [3.8, 4) is 11.4 Å². The normalized spacial score (nSPS) is 18.1. The number of fused-ring (bicyclic) bond motifs is 1. The number of anilines is 1. The van der Waals surface area contributed by atoms with Crippen LogP contribution in [0.5, 0.6) is 0 Å². The van der Waals surface area contributed by atoms with E-state index in [1.165, 1.54) is 12.0 Å². The summed E-state index contributed by atoms with van der Waals surface area (Å²) in [7, 11) is 2.19. The Morgan fingerprint density at radius 1 is 1.06 bits per heavy atom. The molecule has 32 heavy (non-hydrogen) atoms. The maximum absolute atomic E-state index is 6.33. The first-order chi connectivity index (χ1) is 15.7. The number of pyridine rings is 1. The molecule has 0 radical (unpaired) electrons. The highest BCUT2D eigenvalue weighted by molar-refractivity contribution is 5.68. The van der Waals surface area contributed by atoms with Crippen LogP contribution in [0, 0.1) is 0 Å². The molecule has 0 saturated carbocycles. The summed E-state index contributed by atoms with van der Waals surface area (Å²) < 4.78 is 2.01. The first-order valence-corrected chi connectivity index (χ1v) is 11.5. The standard InChI is InChI=1S/C26H30N6/c1-3-21(22-8-4-5-14-28-22)18-9-11-19(12-10-18)25-30-24(20-7-6-16-31(2)17-20)23-13-15-29-26(27)32(23)25/h4-5,8-15,20-21H,3,6-7,16-17H2,1-2H3,(H2,27,29). The zero-order valence-corrected chi connectivity index (χ0v) is 18.8. The fraction of sp³-hybridized carbons (Fsp3) is 0.346. The van der Waals surface area contributed by atoms with Crippen LogP contribution in [0.25, 0.3) is 16.9 Å². The van der Waals surface area contributed by atoms with E-state index in [1.54, 1.807) is 6.20 Å². The minimum Gasteiger partial charge on any atom is -0.369 e. The number of likely N-dealkylation sites (N-methyl/N-ethyl adjacent to an activating group) is 1. The molecule has 1 aliphatic rings. The lowest BCUT2D eigenvalue weighted by Crippen LogP contribution is -2.31. The summed E-state index contributed by atoms with van der Waals surface area (Å²) in [6, 6.07) is 16.8. The van der Waals surface area contributed by atoms with E-state index < -0.39 is 0 Å². The molecule has 1 aliphatic heterocycles. The molecule has 0 bridgehead atoms. The Kier molecular flexibility index (Phi) is 5.62. The van der Waals surface area contributed by atoms with E-state index >= 15 is 0 Å². The van der Waals surface area contributed by atoms with Crippen LogP contribution in [0.1, 0.15) is 55.0 Å². The molecule has 0 spiro atoms. The number of nitrogen functional groups attached to an aromatic ring is 1. The Balaban J connectivity index is 1.55. The first kappa shape index (κ1) is 20.6. The summed E-state index contributed by atoms with van der Waals surface area (Å²) in [5.74, 6) is 2.03. The lowest BCUT2D eigenvalue weighted by Gasteiger charge is -2.28. The molecule has 1 saturated heterocycles. The molecule has 3 aromatic heterocycles. The van der Waals surface area contributed by atoms with E-state index in [0.717, 1.165) is 54.2 Å². The van der Waals surface area contributed by atoms with Gasteiger partial charge in [0.15, 0.2) is 0 Å². The van der Waals surface area contributed by atoms with Gasteiger partial charge >= 0.3 is 0 Å². The van der Waals surface area contributed by atoms with Crippen molar-refractivity contribution in [1.29, 1.82) is 0 Å². The van der Waals surface area contributed by atoms with Crippen molar-refractivity contribution in [2.24, 2.45) is 0 Å². The molecule has 1 aromatic carbocycles. The number of rotatable bonds is 5. The molecule has 2 atom stereocenters. The number of nitrogens with zero attached hydrogens (tertiary/aromatic N) is 5. The fourth-order valence-electron chi connectivity index (χ4n) is 5.03. The van der Waals surface area contributed by atoms with Gasteiger partial charge in [-0.2, -0.15) is 0 Å². The SMILES string of the molecule is CCC(c1ccc(-c2nc(C3CCCN(C)C3)c3ccnc(N)n23)cc1)c1ccccn1. The van der Waals surface area contributed by atoms with Gasteiger partial charge in [0.25, 0.3) is 0 Å². The highest BCUT2D eigenvalue weighted by Crippen LogP contribution is 2.34. The number of nitrogens with two attached hydrogens (primary N) is 1. The minimum absolute atomic E-state index is 0.280. The van der Waals surface area contributed by atoms with Crippen LogP contribution in [0.15, 0.2) is 60.9 Å². The van der Waals surface area contributed by atoms with E-state index in [1.807, 2.05) is 22.7 Å². The molecule has 5 rings (SSSR count). The largest absolute Gasteiger partial charge is 0.369 e. The van der Waals surface area contributed by atoms with Crippen LogP contribution in [0.3, 0.4) is 0 Å². The molecular formula is C26H30N6. The molecule has 164 valence electrons. The predicted molar refractivity (Wildman–Crippen MR) is 129 cm³/mol. The van der Waals surface area contributed by atoms with Crippen LogP contribution in [-0.2, 0) is 0 Å². The van der Waals surface area contributed by atoms with Crippen molar-refractivity contribution in [3.05, 3.63) is 77.9 Å². The summed E-state index contributed by atoms with van der Waals surface area (Å²) in [5.41, 5.74) is 11.9. The Morgan fingerprint density at radius 3 is 2.62 bits per heavy atom. The van der Waals surface area contributed by atoms with Crippen molar-refractivity contribution in [3.63, 3.8) is 0 Å². The number of benzene rings is 1. The van der Waals surface area contributed by atoms with Gasteiger partial charge in [-0.1, -0.05) is 37.3 Å². The number of imidazole rings is 1. The average Bonchev–Trinajstić information content (AvgIpc) is 3.22. The van der Waals surface area contributed by atoms with Crippen LogP contribution in [0.2, 0.25) is 0 Å². The topological polar surface area (TPSA) is 72.3 Å². The summed E-state index contributed by atoms with van der Waals surface area (Å²) in [6.07, 6.45) is 6.99. The number of aromatic nitrogens is 4. The molecule has 0 aliphatic carbocycles. The lowest BCUT2D eigenvalue weighted by molar-refractivity contribution is 0.249. The van der Waals surface area contributed by atoms with Gasteiger partial charge in [0, 0.05) is 42.0 Å². The molecule has 1 fully saturated rings. The van der Waals surface area contributed by atoms with Crippen molar-refractivity contribution in [2.45, 2.75) is 38.0 Å². The van der Waals surface area contributed by atoms with Gasteiger partial charge in [0.05, 0.1) is 11.2 Å². The number of piperidine rings is 1. The van der Waals surface area contributed by atoms with Gasteiger partial charge in [-0.25, -0.2) is 9.97 Å². The highest BCUT2D eigenvalue weighted by Gasteiger charge is 2.26. The van der Waals surface area contributed by atoms with E-state index in [-0.39, 0.29) is 5.92 Å². The van der Waals surface area contributed by atoms with E-state index in [4.69, 9.17) is 10.7 Å². The monoisotopic (exact) mass is 426 g/mol. The van der Waals surface area contributed by atoms with Gasteiger partial charge in [-0.05, 0) is 56.6 Å². The Hall–Kier alpha value is -3.25. The third-order valence-electron chi connectivity index (χ3n) is 6.65. The molecule has 0 amide bonds. The van der Waals surface area contributed by atoms with Gasteiger partial charge in [0.1, 0.15) is 5.82 Å². The van der Waals surface area contributed by atoms with E-state index in [9.17, 15) is 0 Å². The molecule has 4 aromatic rings. The Morgan fingerprint density at radius 2 is 1.91 bits per heavy atom. The van der Waals surface area contributed by atoms with Gasteiger partial charge in [-0.3, -0.25) is 9.38 Å². The maximum atomic E-state index is 6.33. The van der Waals surface area contributed by atoms with Gasteiger partial charge in [-0.15, -0.1) is 0 Å². The Labute approximate surface area is 189 Å². The molecule has 2 N–H and O–H groups in total. The summed E-state index contributed by atoms with van der Waals surface area (Å²) in [6.45, 7) is 4.37. The predicted octanol–water partition coefficient (Wildman–Crippen LogP) is 4.72. The molecule has 6 nitrogen and oxygen atoms in total. The Bertz CT molecular complexity index is 1200. The van der Waals surface area contributed by atoms with Crippen molar-refractivity contribution < 1.29 is 0 Å². The van der Waals surface area contributed by atoms with Gasteiger partial charge in [0.2, 0.25) is 5.95 Å². The average molecular weight is 427 g/mol. The van der Waals surface area contributed by atoms with Crippen LogP contribution < -0.4 is 5.73 Å². The highest BCUT2D eigenvalue weighted by atomic mass is 15.2. The lowest BCUT2D eigenvalue weighted by atomic mass is 9.92. The van der Waals surface area contributed by atoms with Crippen molar-refractivity contribution in [2.75, 3.05) is 25.9 Å². The second-order valence-electron chi connectivity index (χ2n) is 8.78. The summed E-state index contributed by atoms with van der Waals surface area (Å²) in [4.78, 5) is 16.4. The van der Waals surface area contributed by atoms with Crippen LogP contribution in [-0.4, -0.2) is 44.4 Å². The van der Waals surface area contributed by atoms with Crippen LogP contribution in [0.4, 0.5) is 5.95 Å². The third-order valence-corrected chi connectivity index (χ3v) is 6.65. The van der Waals surface area contributed by atoms with E-state index in [0.29, 0.717) is 11.9 Å². The van der Waals surface area contributed by atoms with Crippen molar-refractivity contribution in [1.82, 2.24) is 24.3 Å². The second-order valence-corrected chi connectivity index (χ2v) is 8.78. The molecule has 2 unspecified atom stereocenters. The quantitative estimate of drug-likeness (QED) is 0.500. The number of hydrogen-bond donors (Lipinski definition) is 1. The van der Waals surface area contributed by atoms with E-state index in [2.05, 4.69) is 65.2 Å². The zero-order chi connectivity index (χ0) is 22.1. The smallest absolute Gasteiger partial charge is 0.206 e. The number of likely N-dealkylation sites (tertiary alicyclic amines) is 1. The third kappa shape index (κ3) is 3.75. The van der Waals surface area contributed by atoms with Crippen molar-refractivity contribution >= 4 is 11.5 Å². The first-order valence-electron chi connectivity index (χ1n) is 11.5. The maximum Gasteiger partial charge on any atom is 0.206 e. The summed E-state index contributed by atoms with van der Waals surface area (Å²) in [5, 5.41) is 0. The molecular weight excluding hydrogens is 396 g/mol. The molecule has 4 heterocycles. The minimum atomic E-state index is 0.280. The fourth-order valence-corrected chi connectivity index (χ4v) is 5.03. The molecule has 6 heteroatoms. The number of hydrogen-bond acceptors (Lipinski definition) is 5. The zero-order valence-electron chi connectivity index (χ0n) is 18.8. The summed E-state index contributed by atoms with van der Waals surface area (Å²) >= 11 is 0. The van der Waals surface area contributed by atoms with Crippen LogP contribution >= 0.6 is 0 Å².